The van der Waals surface area contributed by atoms with E-state index in [1.54, 1.807) is 23.5 Å². The molecule has 2 amide bonds. The van der Waals surface area contributed by atoms with Gasteiger partial charge < -0.3 is 24.7 Å². The zero-order valence-electron chi connectivity index (χ0n) is 15.9. The van der Waals surface area contributed by atoms with Crippen molar-refractivity contribution in [3.05, 3.63) is 66.2 Å². The Morgan fingerprint density at radius 1 is 1.17 bits per heavy atom. The molecule has 1 saturated heterocycles. The van der Waals surface area contributed by atoms with Gasteiger partial charge >= 0.3 is 0 Å². The number of carbonyl (C=O) groups is 2. The lowest BCUT2D eigenvalue weighted by Gasteiger charge is -2.31. The van der Waals surface area contributed by atoms with Crippen LogP contribution in [0.15, 0.2) is 54.9 Å². The number of nitrogens with one attached hydrogen (secondary N) is 2. The molecule has 2 N–H and O–H groups in total. The van der Waals surface area contributed by atoms with Crippen LogP contribution in [0.5, 0.6) is 11.5 Å². The molecule has 2 aromatic rings. The van der Waals surface area contributed by atoms with Crippen molar-refractivity contribution in [3.63, 3.8) is 0 Å². The number of hydrazine groups is 1. The number of ether oxygens (including phenoxy) is 2. The van der Waals surface area contributed by atoms with Gasteiger partial charge in [0.05, 0.1) is 6.04 Å². The van der Waals surface area contributed by atoms with Crippen molar-refractivity contribution in [1.82, 2.24) is 15.3 Å². The number of halogens is 1. The first-order valence-corrected chi connectivity index (χ1v) is 9.55. The van der Waals surface area contributed by atoms with Gasteiger partial charge in [-0.05, 0) is 42.3 Å². The van der Waals surface area contributed by atoms with Gasteiger partial charge in [0.25, 0.3) is 5.91 Å². The predicted molar refractivity (Wildman–Crippen MR) is 105 cm³/mol. The van der Waals surface area contributed by atoms with Crippen molar-refractivity contribution in [2.24, 2.45) is 0 Å². The zero-order valence-corrected chi connectivity index (χ0v) is 15.9. The monoisotopic (exact) mass is 410 g/mol. The summed E-state index contributed by atoms with van der Waals surface area (Å²) in [5.41, 5.74) is 4.65. The lowest BCUT2D eigenvalue weighted by Crippen LogP contribution is -2.49. The Bertz CT molecular complexity index is 1040. The largest absolute Gasteiger partial charge is 0.454 e. The number of hydrogen-bond acceptors (Lipinski definition) is 6. The second-order valence-corrected chi connectivity index (χ2v) is 7.28. The van der Waals surface area contributed by atoms with Crippen molar-refractivity contribution in [3.8, 4) is 11.5 Å². The first kappa shape index (κ1) is 18.4. The highest BCUT2D eigenvalue weighted by Crippen LogP contribution is 2.37. The maximum absolute atomic E-state index is 13.3. The van der Waals surface area contributed by atoms with Gasteiger partial charge in [0.15, 0.2) is 11.5 Å². The van der Waals surface area contributed by atoms with E-state index in [9.17, 15) is 14.0 Å². The van der Waals surface area contributed by atoms with Crippen LogP contribution in [0.3, 0.4) is 0 Å². The molecule has 30 heavy (non-hydrogen) atoms. The molecule has 154 valence electrons. The number of benzene rings is 2. The summed E-state index contributed by atoms with van der Waals surface area (Å²) in [6, 6.07) is 10.8. The number of amides is 2. The van der Waals surface area contributed by atoms with Gasteiger partial charge in [-0.15, -0.1) is 0 Å². The van der Waals surface area contributed by atoms with E-state index in [0.717, 1.165) is 5.56 Å². The van der Waals surface area contributed by atoms with Crippen LogP contribution in [-0.4, -0.2) is 41.1 Å². The SMILES string of the molecule is O=C(CN1C=CN2NC(c3ccc4c(c3)OCO4)CC2C1=O)Nc1cccc(F)c1. The first-order valence-electron chi connectivity index (χ1n) is 9.55. The van der Waals surface area contributed by atoms with Crippen molar-refractivity contribution in [2.75, 3.05) is 18.7 Å². The highest BCUT2D eigenvalue weighted by atomic mass is 19.1. The highest BCUT2D eigenvalue weighted by molar-refractivity contribution is 5.96. The molecule has 2 atom stereocenters. The normalized spacial score (nSPS) is 21.7. The Morgan fingerprint density at radius 2 is 2.03 bits per heavy atom. The number of rotatable bonds is 4. The van der Waals surface area contributed by atoms with Crippen LogP contribution in [0.2, 0.25) is 0 Å². The fraction of sp³-hybridized carbons (Fsp3) is 0.238. The van der Waals surface area contributed by atoms with E-state index >= 15 is 0 Å². The van der Waals surface area contributed by atoms with Crippen LogP contribution in [0, 0.1) is 5.82 Å². The van der Waals surface area contributed by atoms with Crippen LogP contribution in [-0.2, 0) is 9.59 Å². The van der Waals surface area contributed by atoms with E-state index in [-0.39, 0.29) is 25.3 Å². The lowest BCUT2D eigenvalue weighted by atomic mass is 10.0. The summed E-state index contributed by atoms with van der Waals surface area (Å²) in [5.74, 6) is 0.384. The topological polar surface area (TPSA) is 83.1 Å². The van der Waals surface area contributed by atoms with E-state index in [2.05, 4.69) is 10.7 Å². The minimum atomic E-state index is -0.441. The lowest BCUT2D eigenvalue weighted by molar-refractivity contribution is -0.137. The summed E-state index contributed by atoms with van der Waals surface area (Å²) in [4.78, 5) is 26.6. The molecular weight excluding hydrogens is 391 g/mol. The number of carbonyl (C=O) groups excluding carboxylic acids is 2. The van der Waals surface area contributed by atoms with E-state index < -0.39 is 17.8 Å². The van der Waals surface area contributed by atoms with Crippen molar-refractivity contribution >= 4 is 17.5 Å². The summed E-state index contributed by atoms with van der Waals surface area (Å²) in [7, 11) is 0. The van der Waals surface area contributed by atoms with Gasteiger partial charge in [-0.2, -0.15) is 0 Å². The Kier molecular flexibility index (Phi) is 4.51. The minimum absolute atomic E-state index is 0.0702. The molecule has 3 aliphatic heterocycles. The third-order valence-electron chi connectivity index (χ3n) is 5.30. The number of anilines is 1. The third kappa shape index (κ3) is 3.43. The minimum Gasteiger partial charge on any atom is -0.454 e. The Hall–Kier alpha value is -3.59. The second kappa shape index (κ2) is 7.34. The maximum atomic E-state index is 13.3. The Morgan fingerprint density at radius 3 is 2.90 bits per heavy atom. The van der Waals surface area contributed by atoms with Crippen LogP contribution in [0.1, 0.15) is 18.0 Å². The Labute approximate surface area is 171 Å². The van der Waals surface area contributed by atoms with Gasteiger partial charge in [0, 0.05) is 18.1 Å². The molecule has 0 bridgehead atoms. The van der Waals surface area contributed by atoms with Crippen LogP contribution in [0.25, 0.3) is 0 Å². The van der Waals surface area contributed by atoms with Crippen LogP contribution < -0.4 is 20.2 Å². The van der Waals surface area contributed by atoms with E-state index in [0.29, 0.717) is 23.6 Å². The summed E-state index contributed by atoms with van der Waals surface area (Å²) in [5, 5.41) is 4.37. The summed E-state index contributed by atoms with van der Waals surface area (Å²) in [6.45, 7) is 0.0599. The quantitative estimate of drug-likeness (QED) is 0.804. The number of nitrogens with zero attached hydrogens (tertiary/aromatic N) is 2. The molecule has 0 aromatic heterocycles. The Balaban J connectivity index is 1.24. The van der Waals surface area contributed by atoms with E-state index in [1.165, 1.54) is 23.1 Å². The predicted octanol–water partition coefficient (Wildman–Crippen LogP) is 2.13. The molecule has 2 unspecified atom stereocenters. The molecular formula is C21H19FN4O4. The molecule has 9 heteroatoms. The molecule has 3 heterocycles. The molecule has 0 aliphatic carbocycles. The van der Waals surface area contributed by atoms with Crippen molar-refractivity contribution in [2.45, 2.75) is 18.5 Å². The van der Waals surface area contributed by atoms with E-state index in [1.807, 2.05) is 18.2 Å². The molecule has 8 nitrogen and oxygen atoms in total. The molecule has 5 rings (SSSR count). The van der Waals surface area contributed by atoms with Crippen molar-refractivity contribution in [1.29, 1.82) is 0 Å². The van der Waals surface area contributed by atoms with Crippen LogP contribution in [0.4, 0.5) is 10.1 Å². The smallest absolute Gasteiger partial charge is 0.251 e. The third-order valence-corrected chi connectivity index (χ3v) is 5.30. The molecule has 0 saturated carbocycles. The fourth-order valence-corrected chi connectivity index (χ4v) is 3.84. The maximum Gasteiger partial charge on any atom is 0.251 e. The fourth-order valence-electron chi connectivity index (χ4n) is 3.84. The highest BCUT2D eigenvalue weighted by Gasteiger charge is 2.40. The second-order valence-electron chi connectivity index (χ2n) is 7.28. The standard InChI is InChI=1S/C21H19FN4O4/c22-14-2-1-3-15(9-14)23-20(27)11-25-6-7-26-17(21(25)28)10-16(24-26)13-4-5-18-19(8-13)30-12-29-18/h1-9,16-17,24H,10-12H2,(H,23,27). The zero-order chi connectivity index (χ0) is 20.7. The summed E-state index contributed by atoms with van der Waals surface area (Å²) < 4.78 is 24.1. The van der Waals surface area contributed by atoms with E-state index in [4.69, 9.17) is 9.47 Å². The molecule has 1 fully saturated rings. The van der Waals surface area contributed by atoms with Gasteiger partial charge in [-0.25, -0.2) is 9.82 Å². The first-order chi connectivity index (χ1) is 14.6. The molecule has 0 radical (unpaired) electrons. The summed E-state index contributed by atoms with van der Waals surface area (Å²) in [6.07, 6.45) is 3.86. The molecule has 0 spiro atoms. The number of fused-ring (bicyclic) bond motifs is 2. The number of hydrogen-bond donors (Lipinski definition) is 2. The molecule has 2 aromatic carbocycles. The van der Waals surface area contributed by atoms with Crippen molar-refractivity contribution < 1.29 is 23.5 Å². The van der Waals surface area contributed by atoms with Gasteiger partial charge in [-0.1, -0.05) is 12.1 Å². The van der Waals surface area contributed by atoms with Crippen LogP contribution >= 0.6 is 0 Å². The average Bonchev–Trinajstić information content (AvgIpc) is 3.36. The average molecular weight is 410 g/mol. The van der Waals surface area contributed by atoms with Gasteiger partial charge in [0.1, 0.15) is 18.4 Å². The van der Waals surface area contributed by atoms with Gasteiger partial charge in [0.2, 0.25) is 12.7 Å². The molecule has 3 aliphatic rings. The summed E-state index contributed by atoms with van der Waals surface area (Å²) >= 11 is 0. The van der Waals surface area contributed by atoms with Gasteiger partial charge in [-0.3, -0.25) is 9.59 Å².